The largest absolute Gasteiger partial charge is 0.497 e. The van der Waals surface area contributed by atoms with Gasteiger partial charge in [0.25, 0.3) is 5.91 Å². The lowest BCUT2D eigenvalue weighted by atomic mass is 10.1. The highest BCUT2D eigenvalue weighted by molar-refractivity contribution is 5.95. The minimum Gasteiger partial charge on any atom is -0.497 e. The van der Waals surface area contributed by atoms with Gasteiger partial charge in [0.05, 0.1) is 19.6 Å². The smallest absolute Gasteiger partial charge is 0.254 e. The molecule has 1 unspecified atom stereocenters. The lowest BCUT2D eigenvalue weighted by Crippen LogP contribution is -2.52. The first kappa shape index (κ1) is 20.1. The van der Waals surface area contributed by atoms with E-state index in [4.69, 9.17) is 9.47 Å². The van der Waals surface area contributed by atoms with Crippen LogP contribution in [0.1, 0.15) is 16.8 Å². The highest BCUT2D eigenvalue weighted by atomic mass is 16.5. The zero-order valence-corrected chi connectivity index (χ0v) is 16.4. The van der Waals surface area contributed by atoms with Gasteiger partial charge in [-0.05, 0) is 18.2 Å². The molecule has 1 aromatic carbocycles. The van der Waals surface area contributed by atoms with Crippen LogP contribution in [0.4, 0.5) is 0 Å². The molecule has 2 fully saturated rings. The van der Waals surface area contributed by atoms with Gasteiger partial charge in [-0.3, -0.25) is 14.4 Å². The van der Waals surface area contributed by atoms with Crippen LogP contribution in [-0.4, -0.2) is 92.5 Å². The molecule has 2 aliphatic heterocycles. The lowest BCUT2D eigenvalue weighted by Gasteiger charge is -2.36. The second kappa shape index (κ2) is 9.05. The second-order valence-corrected chi connectivity index (χ2v) is 7.08. The number of hydrogen-bond donors (Lipinski definition) is 0. The van der Waals surface area contributed by atoms with Crippen LogP contribution in [0.2, 0.25) is 0 Å². The molecule has 3 rings (SSSR count). The summed E-state index contributed by atoms with van der Waals surface area (Å²) in [5.41, 5.74) is 0.578. The lowest BCUT2D eigenvalue weighted by molar-refractivity contribution is -0.137. The molecule has 0 N–H and O–H groups in total. The van der Waals surface area contributed by atoms with Gasteiger partial charge in [-0.1, -0.05) is 6.07 Å². The molecule has 0 aromatic heterocycles. The third-order valence-electron chi connectivity index (χ3n) is 5.32. The summed E-state index contributed by atoms with van der Waals surface area (Å²) in [5, 5.41) is 0. The van der Waals surface area contributed by atoms with E-state index in [0.717, 1.165) is 0 Å². The molecule has 3 amide bonds. The Bertz CT molecular complexity index is 730. The Morgan fingerprint density at radius 2 is 1.82 bits per heavy atom. The predicted octanol–water partition coefficient (Wildman–Crippen LogP) is 0.475. The van der Waals surface area contributed by atoms with Crippen molar-refractivity contribution < 1.29 is 23.9 Å². The molecule has 2 heterocycles. The van der Waals surface area contributed by atoms with Crippen LogP contribution >= 0.6 is 0 Å². The Hall–Kier alpha value is -2.61. The summed E-state index contributed by atoms with van der Waals surface area (Å²) in [5.74, 6) is 0.283. The number of hydrogen-bond acceptors (Lipinski definition) is 5. The number of benzene rings is 1. The van der Waals surface area contributed by atoms with Crippen molar-refractivity contribution in [3.8, 4) is 5.75 Å². The quantitative estimate of drug-likeness (QED) is 0.707. The van der Waals surface area contributed by atoms with E-state index in [1.54, 1.807) is 53.2 Å². The zero-order chi connectivity index (χ0) is 20.1. The van der Waals surface area contributed by atoms with E-state index in [2.05, 4.69) is 0 Å². The molecule has 2 saturated heterocycles. The molecule has 8 nitrogen and oxygen atoms in total. The number of ether oxygens (including phenoxy) is 2. The van der Waals surface area contributed by atoms with Crippen LogP contribution in [0.5, 0.6) is 5.75 Å². The van der Waals surface area contributed by atoms with Gasteiger partial charge in [0.15, 0.2) is 0 Å². The highest BCUT2D eigenvalue weighted by Crippen LogP contribution is 2.21. The molecule has 0 spiro atoms. The number of nitrogens with zero attached hydrogens (tertiary/aromatic N) is 3. The van der Waals surface area contributed by atoms with E-state index in [9.17, 15) is 14.4 Å². The van der Waals surface area contributed by atoms with Crippen molar-refractivity contribution in [2.75, 3.05) is 60.1 Å². The van der Waals surface area contributed by atoms with E-state index in [1.165, 1.54) is 0 Å². The first-order chi connectivity index (χ1) is 13.5. The Morgan fingerprint density at radius 3 is 2.50 bits per heavy atom. The van der Waals surface area contributed by atoms with Gasteiger partial charge in [-0.15, -0.1) is 0 Å². The fourth-order valence-corrected chi connectivity index (χ4v) is 3.68. The van der Waals surface area contributed by atoms with Gasteiger partial charge in [-0.2, -0.15) is 0 Å². The molecule has 2 aliphatic rings. The molecule has 152 valence electrons. The van der Waals surface area contributed by atoms with Crippen molar-refractivity contribution in [3.63, 3.8) is 0 Å². The Kier molecular flexibility index (Phi) is 6.51. The average molecular weight is 389 g/mol. The molecular weight excluding hydrogens is 362 g/mol. The number of likely N-dealkylation sites (tertiary alicyclic amines) is 1. The topological polar surface area (TPSA) is 79.4 Å². The van der Waals surface area contributed by atoms with E-state index in [0.29, 0.717) is 57.2 Å². The van der Waals surface area contributed by atoms with E-state index in [1.807, 2.05) is 0 Å². The normalized spacial score (nSPS) is 19.9. The van der Waals surface area contributed by atoms with Crippen molar-refractivity contribution >= 4 is 17.7 Å². The highest BCUT2D eigenvalue weighted by Gasteiger charge is 2.37. The SMILES string of the molecule is COCCN1CC(C(=O)N2CCN(C(=O)c3cccc(OC)c3)CC2)CC1=O. The Morgan fingerprint density at radius 1 is 1.11 bits per heavy atom. The predicted molar refractivity (Wildman–Crippen MR) is 102 cm³/mol. The maximum atomic E-state index is 12.8. The summed E-state index contributed by atoms with van der Waals surface area (Å²) in [7, 11) is 3.16. The monoisotopic (exact) mass is 389 g/mol. The molecule has 1 atom stereocenters. The van der Waals surface area contributed by atoms with E-state index in [-0.39, 0.29) is 30.1 Å². The van der Waals surface area contributed by atoms with Crippen molar-refractivity contribution in [2.45, 2.75) is 6.42 Å². The van der Waals surface area contributed by atoms with Gasteiger partial charge in [0, 0.05) is 58.4 Å². The average Bonchev–Trinajstić information content (AvgIpc) is 3.11. The third-order valence-corrected chi connectivity index (χ3v) is 5.32. The van der Waals surface area contributed by atoms with Crippen LogP contribution in [0.3, 0.4) is 0 Å². The van der Waals surface area contributed by atoms with Gasteiger partial charge >= 0.3 is 0 Å². The summed E-state index contributed by atoms with van der Waals surface area (Å²) in [6, 6.07) is 7.07. The number of methoxy groups -OCH3 is 2. The number of rotatable bonds is 6. The molecule has 8 heteroatoms. The fraction of sp³-hybridized carbons (Fsp3) is 0.550. The number of amides is 3. The second-order valence-electron chi connectivity index (χ2n) is 7.08. The molecule has 0 radical (unpaired) electrons. The van der Waals surface area contributed by atoms with Crippen molar-refractivity contribution in [2.24, 2.45) is 5.92 Å². The van der Waals surface area contributed by atoms with Crippen LogP contribution < -0.4 is 4.74 Å². The van der Waals surface area contributed by atoms with E-state index < -0.39 is 0 Å². The maximum Gasteiger partial charge on any atom is 0.254 e. The fourth-order valence-electron chi connectivity index (χ4n) is 3.68. The molecule has 28 heavy (non-hydrogen) atoms. The van der Waals surface area contributed by atoms with Gasteiger partial charge < -0.3 is 24.2 Å². The summed E-state index contributed by atoms with van der Waals surface area (Å²) < 4.78 is 10.2. The van der Waals surface area contributed by atoms with E-state index >= 15 is 0 Å². The number of carbonyl (C=O) groups is 3. The number of carbonyl (C=O) groups excluding carboxylic acids is 3. The Labute approximate surface area is 165 Å². The van der Waals surface area contributed by atoms with Crippen molar-refractivity contribution in [3.05, 3.63) is 29.8 Å². The molecule has 0 saturated carbocycles. The van der Waals surface area contributed by atoms with Crippen molar-refractivity contribution in [1.29, 1.82) is 0 Å². The van der Waals surface area contributed by atoms with Crippen LogP contribution in [-0.2, 0) is 14.3 Å². The first-order valence-corrected chi connectivity index (χ1v) is 9.52. The minimum atomic E-state index is -0.301. The van der Waals surface area contributed by atoms with Crippen LogP contribution in [0.25, 0.3) is 0 Å². The summed E-state index contributed by atoms with van der Waals surface area (Å²) >= 11 is 0. The maximum absolute atomic E-state index is 12.8. The summed E-state index contributed by atoms with van der Waals surface area (Å²) in [6.07, 6.45) is 0.255. The molecule has 1 aromatic rings. The third kappa shape index (κ3) is 4.44. The molecule has 0 aliphatic carbocycles. The number of piperazine rings is 1. The summed E-state index contributed by atoms with van der Waals surface area (Å²) in [6.45, 7) is 3.36. The standard InChI is InChI=1S/C20H27N3O5/c1-27-11-10-23-14-16(13-18(23)24)20(26)22-8-6-21(7-9-22)19(25)15-4-3-5-17(12-15)28-2/h3-5,12,16H,6-11,13-14H2,1-2H3. The van der Waals surface area contributed by atoms with Crippen LogP contribution in [0.15, 0.2) is 24.3 Å². The van der Waals surface area contributed by atoms with Crippen LogP contribution in [0, 0.1) is 5.92 Å². The van der Waals surface area contributed by atoms with Gasteiger partial charge in [0.1, 0.15) is 5.75 Å². The zero-order valence-electron chi connectivity index (χ0n) is 16.4. The van der Waals surface area contributed by atoms with Gasteiger partial charge in [0.2, 0.25) is 11.8 Å². The van der Waals surface area contributed by atoms with Gasteiger partial charge in [-0.25, -0.2) is 0 Å². The first-order valence-electron chi connectivity index (χ1n) is 9.52. The minimum absolute atomic E-state index is 0.00162. The molecule has 0 bridgehead atoms. The molecular formula is C20H27N3O5. The van der Waals surface area contributed by atoms with Crippen molar-refractivity contribution in [1.82, 2.24) is 14.7 Å². The Balaban J connectivity index is 1.53. The summed E-state index contributed by atoms with van der Waals surface area (Å²) in [4.78, 5) is 42.8.